The summed E-state index contributed by atoms with van der Waals surface area (Å²) < 4.78 is 9.28. The molecule has 0 aliphatic heterocycles. The highest BCUT2D eigenvalue weighted by Gasteiger charge is 2.06. The number of carbonyl (C=O) groups excluding carboxylic acids is 2. The third-order valence-corrected chi connectivity index (χ3v) is 1.79. The van der Waals surface area contributed by atoms with Crippen molar-refractivity contribution in [1.29, 1.82) is 0 Å². The molecule has 0 bridgehead atoms. The lowest BCUT2D eigenvalue weighted by molar-refractivity contribution is -0.144. The molecule has 0 aromatic carbocycles. The largest absolute Gasteiger partial charge is 0.466 e. The van der Waals surface area contributed by atoms with Crippen LogP contribution in [0.3, 0.4) is 0 Å². The fraction of sp³-hybridized carbons (Fsp3) is 0.500. The van der Waals surface area contributed by atoms with Crippen molar-refractivity contribution in [3.63, 3.8) is 0 Å². The van der Waals surface area contributed by atoms with Crippen molar-refractivity contribution < 1.29 is 19.1 Å². The van der Waals surface area contributed by atoms with Gasteiger partial charge in [-0.2, -0.15) is 0 Å². The summed E-state index contributed by atoms with van der Waals surface area (Å²) in [5.41, 5.74) is 0. The van der Waals surface area contributed by atoms with Crippen LogP contribution in [0.2, 0.25) is 0 Å². The molecule has 4 nitrogen and oxygen atoms in total. The van der Waals surface area contributed by atoms with E-state index in [0.717, 1.165) is 6.42 Å². The van der Waals surface area contributed by atoms with Gasteiger partial charge in [0.25, 0.3) is 0 Å². The average molecular weight is 224 g/mol. The lowest BCUT2D eigenvalue weighted by Gasteiger charge is -2.09. The molecule has 0 aliphatic carbocycles. The summed E-state index contributed by atoms with van der Waals surface area (Å²) in [5.74, 6) is 1.62. The van der Waals surface area contributed by atoms with E-state index in [-0.39, 0.29) is 11.9 Å². The Hall–Kier alpha value is -1.76. The highest BCUT2D eigenvalue weighted by molar-refractivity contribution is 5.81. The zero-order chi connectivity index (χ0) is 12.4. The Morgan fingerprint density at radius 1 is 1.50 bits per heavy atom. The Kier molecular flexibility index (Phi) is 7.60. The van der Waals surface area contributed by atoms with Gasteiger partial charge >= 0.3 is 11.9 Å². The highest BCUT2D eigenvalue weighted by Crippen LogP contribution is 2.05. The normalized spacial score (nSPS) is 11.8. The highest BCUT2D eigenvalue weighted by atomic mass is 16.5. The smallest absolute Gasteiger partial charge is 0.330 e. The van der Waals surface area contributed by atoms with Gasteiger partial charge < -0.3 is 9.47 Å². The van der Waals surface area contributed by atoms with Gasteiger partial charge in [-0.1, -0.05) is 12.0 Å². The first-order chi connectivity index (χ1) is 7.60. The van der Waals surface area contributed by atoms with Crippen molar-refractivity contribution >= 4 is 11.9 Å². The summed E-state index contributed by atoms with van der Waals surface area (Å²) in [6.45, 7) is 1.32. The minimum Gasteiger partial charge on any atom is -0.466 e. The molecule has 16 heavy (non-hydrogen) atoms. The molecule has 4 heteroatoms. The molecule has 0 saturated heterocycles. The second-order valence-corrected chi connectivity index (χ2v) is 3.12. The number of rotatable bonds is 6. The topological polar surface area (TPSA) is 52.6 Å². The average Bonchev–Trinajstić information content (AvgIpc) is 2.26. The molecular formula is C12H16O4. The maximum atomic E-state index is 10.7. The van der Waals surface area contributed by atoms with Crippen LogP contribution in [-0.4, -0.2) is 25.2 Å². The molecule has 88 valence electrons. The molecule has 0 aromatic rings. The molecule has 0 amide bonds. The van der Waals surface area contributed by atoms with Crippen LogP contribution in [0.4, 0.5) is 0 Å². The van der Waals surface area contributed by atoms with Crippen molar-refractivity contribution in [2.45, 2.75) is 32.3 Å². The van der Waals surface area contributed by atoms with Crippen LogP contribution in [0.25, 0.3) is 0 Å². The number of methoxy groups -OCH3 is 1. The third-order valence-electron chi connectivity index (χ3n) is 1.79. The van der Waals surface area contributed by atoms with E-state index in [0.29, 0.717) is 12.8 Å². The number of ether oxygens (including phenoxy) is 2. The van der Waals surface area contributed by atoms with E-state index in [4.69, 9.17) is 11.2 Å². The van der Waals surface area contributed by atoms with E-state index in [1.807, 2.05) is 0 Å². The second kappa shape index (κ2) is 8.54. The molecule has 0 rings (SSSR count). The van der Waals surface area contributed by atoms with Gasteiger partial charge in [0.15, 0.2) is 6.10 Å². The van der Waals surface area contributed by atoms with Crippen molar-refractivity contribution in [3.05, 3.63) is 12.2 Å². The van der Waals surface area contributed by atoms with E-state index in [2.05, 4.69) is 10.7 Å². The quantitative estimate of drug-likeness (QED) is 0.296. The van der Waals surface area contributed by atoms with Crippen LogP contribution in [-0.2, 0) is 19.1 Å². The van der Waals surface area contributed by atoms with Gasteiger partial charge in [-0.15, -0.1) is 6.42 Å². The number of unbranched alkanes of at least 4 members (excludes halogenated alkanes) is 1. The van der Waals surface area contributed by atoms with Gasteiger partial charge in [-0.3, -0.25) is 4.79 Å². The zero-order valence-corrected chi connectivity index (χ0v) is 9.56. The monoisotopic (exact) mass is 224 g/mol. The van der Waals surface area contributed by atoms with Crippen molar-refractivity contribution in [2.75, 3.05) is 7.11 Å². The SMILES string of the molecule is C#CC(CCC/C=C/C(=O)OC)OC(C)=O. The third kappa shape index (κ3) is 7.63. The maximum absolute atomic E-state index is 10.7. The standard InChI is InChI=1S/C12H16O4/c1-4-11(16-10(2)13)8-6-5-7-9-12(14)15-3/h1,7,9,11H,5-6,8H2,2-3H3/b9-7+. The maximum Gasteiger partial charge on any atom is 0.330 e. The number of hydrogen-bond acceptors (Lipinski definition) is 4. The second-order valence-electron chi connectivity index (χ2n) is 3.12. The summed E-state index contributed by atoms with van der Waals surface area (Å²) in [4.78, 5) is 21.3. The Morgan fingerprint density at radius 2 is 2.19 bits per heavy atom. The molecule has 0 fully saturated rings. The van der Waals surface area contributed by atoms with E-state index in [9.17, 15) is 9.59 Å². The van der Waals surface area contributed by atoms with Gasteiger partial charge in [0.1, 0.15) is 0 Å². The fourth-order valence-electron chi connectivity index (χ4n) is 1.05. The van der Waals surface area contributed by atoms with Crippen LogP contribution >= 0.6 is 0 Å². The first kappa shape index (κ1) is 14.2. The molecule has 0 aromatic heterocycles. The van der Waals surface area contributed by atoms with Gasteiger partial charge in [0.2, 0.25) is 0 Å². The van der Waals surface area contributed by atoms with Crippen LogP contribution < -0.4 is 0 Å². The molecule has 0 heterocycles. The number of hydrogen-bond donors (Lipinski definition) is 0. The van der Waals surface area contributed by atoms with Crippen LogP contribution in [0.5, 0.6) is 0 Å². The number of terminal acetylenes is 1. The van der Waals surface area contributed by atoms with E-state index < -0.39 is 6.10 Å². The minimum absolute atomic E-state index is 0.381. The van der Waals surface area contributed by atoms with Crippen LogP contribution in [0, 0.1) is 12.3 Å². The summed E-state index contributed by atoms with van der Waals surface area (Å²) in [5, 5.41) is 0. The summed E-state index contributed by atoms with van der Waals surface area (Å²) in [6.07, 6.45) is 9.78. The van der Waals surface area contributed by atoms with E-state index in [1.165, 1.54) is 20.1 Å². The van der Waals surface area contributed by atoms with Crippen LogP contribution in [0.15, 0.2) is 12.2 Å². The van der Waals surface area contributed by atoms with Gasteiger partial charge in [0, 0.05) is 13.0 Å². The van der Waals surface area contributed by atoms with Crippen LogP contribution in [0.1, 0.15) is 26.2 Å². The Morgan fingerprint density at radius 3 is 2.69 bits per heavy atom. The summed E-state index contributed by atoms with van der Waals surface area (Å²) in [7, 11) is 1.32. The van der Waals surface area contributed by atoms with Gasteiger partial charge in [0.05, 0.1) is 7.11 Å². The fourth-order valence-corrected chi connectivity index (χ4v) is 1.05. The number of esters is 2. The Balaban J connectivity index is 3.72. The molecule has 0 saturated carbocycles. The molecule has 0 spiro atoms. The summed E-state index contributed by atoms with van der Waals surface area (Å²) in [6, 6.07) is 0. The Labute approximate surface area is 95.6 Å². The molecule has 1 atom stereocenters. The molecule has 0 radical (unpaired) electrons. The summed E-state index contributed by atoms with van der Waals surface area (Å²) >= 11 is 0. The van der Waals surface area contributed by atoms with Crippen molar-refractivity contribution in [1.82, 2.24) is 0 Å². The van der Waals surface area contributed by atoms with Crippen molar-refractivity contribution in [3.8, 4) is 12.3 Å². The van der Waals surface area contributed by atoms with E-state index >= 15 is 0 Å². The molecule has 1 unspecified atom stereocenters. The predicted molar refractivity (Wildman–Crippen MR) is 59.4 cm³/mol. The lowest BCUT2D eigenvalue weighted by atomic mass is 10.1. The number of allylic oxidation sites excluding steroid dienone is 1. The molecule has 0 N–H and O–H groups in total. The Bertz CT molecular complexity index is 299. The number of carbonyl (C=O) groups is 2. The predicted octanol–water partition coefficient (Wildman–Crippen LogP) is 1.45. The molecular weight excluding hydrogens is 208 g/mol. The lowest BCUT2D eigenvalue weighted by Crippen LogP contribution is -2.13. The first-order valence-electron chi connectivity index (χ1n) is 4.98. The zero-order valence-electron chi connectivity index (χ0n) is 9.56. The van der Waals surface area contributed by atoms with Gasteiger partial charge in [-0.25, -0.2) is 4.79 Å². The van der Waals surface area contributed by atoms with Crippen molar-refractivity contribution in [2.24, 2.45) is 0 Å². The first-order valence-corrected chi connectivity index (χ1v) is 4.98. The van der Waals surface area contributed by atoms with Gasteiger partial charge in [-0.05, 0) is 19.3 Å². The molecule has 0 aliphatic rings. The van der Waals surface area contributed by atoms with E-state index in [1.54, 1.807) is 6.08 Å². The minimum atomic E-state index is -0.482.